The molecule has 1 aromatic heterocycles. The summed E-state index contributed by atoms with van der Waals surface area (Å²) in [5, 5.41) is 17.6. The zero-order valence-corrected chi connectivity index (χ0v) is 18.2. The van der Waals surface area contributed by atoms with Crippen molar-refractivity contribution < 1.29 is 13.9 Å². The quantitative estimate of drug-likeness (QED) is 0.392. The molecule has 1 aliphatic rings. The number of nitriles is 1. The zero-order chi connectivity index (χ0) is 23.5. The van der Waals surface area contributed by atoms with Crippen molar-refractivity contribution in [2.45, 2.75) is 24.1 Å². The van der Waals surface area contributed by atoms with Gasteiger partial charge < -0.3 is 26.1 Å². The minimum Gasteiger partial charge on any atom is -0.476 e. The van der Waals surface area contributed by atoms with E-state index in [0.29, 0.717) is 17.4 Å². The van der Waals surface area contributed by atoms with Crippen LogP contribution >= 0.6 is 11.9 Å². The molecule has 11 heteroatoms. The summed E-state index contributed by atoms with van der Waals surface area (Å²) in [6.07, 6.45) is 3.05. The monoisotopic (exact) mass is 458 g/mol. The minimum atomic E-state index is -0.688. The molecule has 1 amide bonds. The summed E-state index contributed by atoms with van der Waals surface area (Å²) in [6, 6.07) is 7.04. The average Bonchev–Trinajstić information content (AvgIpc) is 3.58. The Balaban J connectivity index is 1.86. The van der Waals surface area contributed by atoms with Gasteiger partial charge in [-0.25, -0.2) is 4.39 Å². The molecule has 7 N–H and O–H groups in total. The Hall–Kier alpha value is -3.49. The Kier molecular flexibility index (Phi) is 6.76. The molecule has 0 spiro atoms. The number of carbonyl (C=O) groups excluding carboxylic acids is 1. The number of hydrogen-bond acceptors (Lipinski definition) is 8. The van der Waals surface area contributed by atoms with E-state index in [0.717, 1.165) is 18.9 Å². The van der Waals surface area contributed by atoms with Gasteiger partial charge >= 0.3 is 0 Å². The van der Waals surface area contributed by atoms with Gasteiger partial charge in [0.05, 0.1) is 10.3 Å². The van der Waals surface area contributed by atoms with E-state index in [9.17, 15) is 14.0 Å². The lowest BCUT2D eigenvalue weighted by molar-refractivity contribution is 0.0948. The first-order valence-electron chi connectivity index (χ1n) is 9.64. The van der Waals surface area contributed by atoms with Crippen LogP contribution in [0.15, 0.2) is 29.1 Å². The molecule has 9 nitrogen and oxygen atoms in total. The van der Waals surface area contributed by atoms with Crippen LogP contribution in [0.1, 0.15) is 34.3 Å². The number of halogens is 1. The number of amides is 1. The van der Waals surface area contributed by atoms with Crippen LogP contribution in [-0.4, -0.2) is 21.8 Å². The van der Waals surface area contributed by atoms with Gasteiger partial charge in [0.15, 0.2) is 0 Å². The molecule has 0 aliphatic heterocycles. The largest absolute Gasteiger partial charge is 0.476 e. The Morgan fingerprint density at radius 3 is 2.72 bits per heavy atom. The molecule has 32 heavy (non-hydrogen) atoms. The first-order chi connectivity index (χ1) is 15.2. The lowest BCUT2D eigenvalue weighted by atomic mass is 10.1. The van der Waals surface area contributed by atoms with E-state index in [1.165, 1.54) is 48.0 Å². The van der Waals surface area contributed by atoms with Crippen molar-refractivity contribution in [3.63, 3.8) is 0 Å². The van der Waals surface area contributed by atoms with Crippen LogP contribution in [0, 0.1) is 17.1 Å². The molecule has 3 rings (SSSR count). The third-order valence-electron chi connectivity index (χ3n) is 5.26. The van der Waals surface area contributed by atoms with E-state index in [2.05, 4.69) is 5.32 Å². The molecule has 168 valence electrons. The van der Waals surface area contributed by atoms with Gasteiger partial charge in [0.2, 0.25) is 5.88 Å². The molecule has 0 bridgehead atoms. The molecule has 1 aromatic carbocycles. The highest BCUT2D eigenvalue weighted by atomic mass is 32.2. The number of aromatic nitrogens is 1. The van der Waals surface area contributed by atoms with Crippen LogP contribution in [-0.2, 0) is 18.3 Å². The van der Waals surface area contributed by atoms with Gasteiger partial charge in [-0.05, 0) is 36.6 Å². The Morgan fingerprint density at radius 1 is 1.44 bits per heavy atom. The molecule has 2 aromatic rings. The van der Waals surface area contributed by atoms with Crippen molar-refractivity contribution in [2.75, 3.05) is 6.61 Å². The molecule has 1 aliphatic carbocycles. The number of benzene rings is 1. The third-order valence-corrected chi connectivity index (χ3v) is 6.28. The van der Waals surface area contributed by atoms with Gasteiger partial charge in [0.25, 0.3) is 11.5 Å². The van der Waals surface area contributed by atoms with Gasteiger partial charge in [-0.2, -0.15) is 5.26 Å². The maximum absolute atomic E-state index is 13.8. The normalized spacial score (nSPS) is 15.6. The SMILES string of the molecule is Cn1c(=O)c(C(=O)NCc2ccc(C#N)c(F)c2)cc(=C/N)/c1=C(\N)OCC1(SN)CC1. The number of nitrogens with one attached hydrogen (secondary N) is 1. The molecule has 0 saturated heterocycles. The van der Waals surface area contributed by atoms with Crippen molar-refractivity contribution in [2.24, 2.45) is 23.7 Å². The smallest absolute Gasteiger partial charge is 0.263 e. The summed E-state index contributed by atoms with van der Waals surface area (Å²) >= 11 is 1.22. The molecule has 0 radical (unpaired) electrons. The van der Waals surface area contributed by atoms with Crippen molar-refractivity contribution in [1.82, 2.24) is 9.88 Å². The molecular formula is C21H23FN6O3S. The Bertz CT molecular complexity index is 1280. The number of rotatable bonds is 7. The second kappa shape index (κ2) is 9.33. The van der Waals surface area contributed by atoms with Gasteiger partial charge in [-0.3, -0.25) is 14.7 Å². The predicted molar refractivity (Wildman–Crippen MR) is 119 cm³/mol. The highest BCUT2D eigenvalue weighted by molar-refractivity contribution is 7.98. The van der Waals surface area contributed by atoms with E-state index >= 15 is 0 Å². The van der Waals surface area contributed by atoms with Crippen LogP contribution in [0.25, 0.3) is 12.1 Å². The lowest BCUT2D eigenvalue weighted by Gasteiger charge is -2.14. The molecule has 0 unspecified atom stereocenters. The van der Waals surface area contributed by atoms with Crippen LogP contribution in [0.4, 0.5) is 4.39 Å². The van der Waals surface area contributed by atoms with E-state index in [1.54, 1.807) is 6.07 Å². The second-order valence-corrected chi connectivity index (χ2v) is 8.56. The molecular weight excluding hydrogens is 435 g/mol. The Labute approximate surface area is 187 Å². The Morgan fingerprint density at radius 2 is 2.16 bits per heavy atom. The van der Waals surface area contributed by atoms with Crippen LogP contribution in [0.3, 0.4) is 0 Å². The van der Waals surface area contributed by atoms with Crippen molar-refractivity contribution >= 4 is 29.9 Å². The van der Waals surface area contributed by atoms with Crippen molar-refractivity contribution in [3.8, 4) is 6.07 Å². The summed E-state index contributed by atoms with van der Waals surface area (Å²) in [7, 11) is 1.46. The lowest BCUT2D eigenvalue weighted by Crippen LogP contribution is -2.48. The number of nitrogens with two attached hydrogens (primary N) is 3. The maximum atomic E-state index is 13.8. The molecule has 1 fully saturated rings. The van der Waals surface area contributed by atoms with E-state index in [-0.39, 0.29) is 33.7 Å². The number of nitrogens with zero attached hydrogens (tertiary/aromatic N) is 2. The van der Waals surface area contributed by atoms with Gasteiger partial charge in [-0.1, -0.05) is 18.0 Å². The topological polar surface area (TPSA) is 162 Å². The van der Waals surface area contributed by atoms with Crippen molar-refractivity contribution in [3.05, 3.63) is 67.7 Å². The predicted octanol–water partition coefficient (Wildman–Crippen LogP) is -0.797. The highest BCUT2D eigenvalue weighted by Gasteiger charge is 2.43. The average molecular weight is 459 g/mol. The van der Waals surface area contributed by atoms with Gasteiger partial charge in [0.1, 0.15) is 29.4 Å². The summed E-state index contributed by atoms with van der Waals surface area (Å²) in [5.41, 5.74) is 11.4. The van der Waals surface area contributed by atoms with Crippen LogP contribution in [0.2, 0.25) is 0 Å². The standard InChI is InChI=1S/C21H23FN6O3S/c1-28-17(18(25)31-11-21(32-26)4-5-21)14(9-24)7-15(20(28)30)19(29)27-10-12-2-3-13(8-23)16(22)6-12/h2-3,6-7,9H,4-5,10-11,24-26H2,1H3,(H,27,29)/b14-9-,18-17-. The highest BCUT2D eigenvalue weighted by Crippen LogP contribution is 2.46. The summed E-state index contributed by atoms with van der Waals surface area (Å²) in [6.45, 7) is 0.256. The second-order valence-electron chi connectivity index (χ2n) is 7.46. The molecule has 1 heterocycles. The molecule has 1 saturated carbocycles. The zero-order valence-electron chi connectivity index (χ0n) is 17.4. The van der Waals surface area contributed by atoms with E-state index in [4.69, 9.17) is 26.6 Å². The fourth-order valence-electron chi connectivity index (χ4n) is 3.11. The minimum absolute atomic E-state index is 0.00152. The molecule has 0 atom stereocenters. The maximum Gasteiger partial charge on any atom is 0.263 e. The summed E-state index contributed by atoms with van der Waals surface area (Å²) < 4.78 is 20.4. The van der Waals surface area contributed by atoms with E-state index in [1.807, 2.05) is 0 Å². The number of carbonyl (C=O) groups is 1. The first-order valence-corrected chi connectivity index (χ1v) is 10.5. The van der Waals surface area contributed by atoms with Gasteiger partial charge in [0, 0.05) is 25.0 Å². The summed E-state index contributed by atoms with van der Waals surface area (Å²) in [5.74, 6) is -1.35. The third kappa shape index (κ3) is 4.71. The van der Waals surface area contributed by atoms with E-state index < -0.39 is 17.3 Å². The number of pyridine rings is 1. The number of hydrogen-bond donors (Lipinski definition) is 4. The fraction of sp³-hybridized carbons (Fsp3) is 0.286. The van der Waals surface area contributed by atoms with Crippen LogP contribution in [0.5, 0.6) is 0 Å². The van der Waals surface area contributed by atoms with Gasteiger partial charge in [-0.15, -0.1) is 0 Å². The van der Waals surface area contributed by atoms with Crippen molar-refractivity contribution in [1.29, 1.82) is 5.26 Å². The first kappa shape index (κ1) is 23.2. The summed E-state index contributed by atoms with van der Waals surface area (Å²) in [4.78, 5) is 25.5. The number of ether oxygens (including phenoxy) is 1. The fourth-order valence-corrected chi connectivity index (χ4v) is 3.57. The van der Waals surface area contributed by atoms with Crippen LogP contribution < -0.4 is 38.1 Å².